The van der Waals surface area contributed by atoms with E-state index < -0.39 is 0 Å². The van der Waals surface area contributed by atoms with Crippen LogP contribution in [0.3, 0.4) is 0 Å². The molecule has 0 amide bonds. The molecule has 0 aromatic rings. The van der Waals surface area contributed by atoms with Crippen LogP contribution in [0.2, 0.25) is 0 Å². The van der Waals surface area contributed by atoms with Gasteiger partial charge in [0.1, 0.15) is 0 Å². The van der Waals surface area contributed by atoms with E-state index >= 15 is 0 Å². The molecular weight excluding hydrogens is 152 g/mol. The van der Waals surface area contributed by atoms with Gasteiger partial charge < -0.3 is 10.2 Å². The Kier molecular flexibility index (Phi) is 7.11. The van der Waals surface area contributed by atoms with Gasteiger partial charge >= 0.3 is 0 Å². The molecule has 0 heterocycles. The topological polar surface area (TPSA) is 40.5 Å². The lowest BCUT2D eigenvalue weighted by atomic mass is 10.1. The highest BCUT2D eigenvalue weighted by atomic mass is 16.3. The third-order valence-electron chi connectivity index (χ3n) is 1.66. The van der Waals surface area contributed by atoms with Crippen molar-refractivity contribution in [2.24, 2.45) is 0 Å². The first kappa shape index (κ1) is 11.7. The second kappa shape index (κ2) is 7.32. The molecule has 0 aliphatic carbocycles. The quantitative estimate of drug-likeness (QED) is 0.474. The SMILES string of the molecule is CC(O)C=CCCCCC(C)O. The maximum absolute atomic E-state index is 8.94. The Morgan fingerprint density at radius 2 is 1.83 bits per heavy atom. The van der Waals surface area contributed by atoms with E-state index in [1.165, 1.54) is 0 Å². The van der Waals surface area contributed by atoms with Crippen LogP contribution in [0.5, 0.6) is 0 Å². The van der Waals surface area contributed by atoms with E-state index in [4.69, 9.17) is 10.2 Å². The number of aliphatic hydroxyl groups excluding tert-OH is 2. The fourth-order valence-corrected chi connectivity index (χ4v) is 0.995. The number of hydrogen-bond donors (Lipinski definition) is 2. The van der Waals surface area contributed by atoms with E-state index in [1.807, 2.05) is 13.0 Å². The van der Waals surface area contributed by atoms with Gasteiger partial charge in [-0.1, -0.05) is 18.6 Å². The predicted octanol–water partition coefficient (Wildman–Crippen LogP) is 1.86. The maximum Gasteiger partial charge on any atom is 0.0692 e. The first-order chi connectivity index (χ1) is 5.63. The average molecular weight is 172 g/mol. The monoisotopic (exact) mass is 172 g/mol. The van der Waals surface area contributed by atoms with Gasteiger partial charge in [-0.05, 0) is 33.1 Å². The van der Waals surface area contributed by atoms with Gasteiger partial charge in [-0.2, -0.15) is 0 Å². The number of unbranched alkanes of at least 4 members (excludes halogenated alkanes) is 2. The summed E-state index contributed by atoms with van der Waals surface area (Å²) in [6.45, 7) is 3.55. The zero-order valence-corrected chi connectivity index (χ0v) is 8.03. The smallest absolute Gasteiger partial charge is 0.0692 e. The van der Waals surface area contributed by atoms with Gasteiger partial charge in [0.05, 0.1) is 12.2 Å². The third-order valence-corrected chi connectivity index (χ3v) is 1.66. The van der Waals surface area contributed by atoms with Gasteiger partial charge in [0.15, 0.2) is 0 Å². The van der Waals surface area contributed by atoms with Gasteiger partial charge in [0.2, 0.25) is 0 Å². The molecule has 0 aromatic carbocycles. The van der Waals surface area contributed by atoms with Crippen LogP contribution in [0.1, 0.15) is 39.5 Å². The Morgan fingerprint density at radius 3 is 2.33 bits per heavy atom. The molecule has 12 heavy (non-hydrogen) atoms. The minimum absolute atomic E-state index is 0.175. The molecule has 72 valence electrons. The van der Waals surface area contributed by atoms with E-state index in [-0.39, 0.29) is 12.2 Å². The summed E-state index contributed by atoms with van der Waals surface area (Å²) in [6.07, 6.45) is 7.30. The molecule has 0 aliphatic rings. The summed E-state index contributed by atoms with van der Waals surface area (Å²) in [5, 5.41) is 17.8. The van der Waals surface area contributed by atoms with E-state index in [1.54, 1.807) is 13.0 Å². The van der Waals surface area contributed by atoms with Gasteiger partial charge in [0.25, 0.3) is 0 Å². The minimum Gasteiger partial charge on any atom is -0.393 e. The molecule has 2 nitrogen and oxygen atoms in total. The lowest BCUT2D eigenvalue weighted by molar-refractivity contribution is 0.181. The third kappa shape index (κ3) is 9.66. The lowest BCUT2D eigenvalue weighted by Crippen LogP contribution is -1.98. The molecule has 0 aromatic heterocycles. The number of allylic oxidation sites excluding steroid dienone is 1. The van der Waals surface area contributed by atoms with E-state index in [0.717, 1.165) is 25.7 Å². The number of hydrogen-bond acceptors (Lipinski definition) is 2. The summed E-state index contributed by atoms with van der Waals surface area (Å²) in [4.78, 5) is 0. The maximum atomic E-state index is 8.94. The molecule has 0 rings (SSSR count). The van der Waals surface area contributed by atoms with Crippen LogP contribution in [0.15, 0.2) is 12.2 Å². The van der Waals surface area contributed by atoms with Crippen molar-refractivity contribution in [3.63, 3.8) is 0 Å². The van der Waals surface area contributed by atoms with Crippen LogP contribution in [0, 0.1) is 0 Å². The van der Waals surface area contributed by atoms with Crippen LogP contribution >= 0.6 is 0 Å². The van der Waals surface area contributed by atoms with Crippen LogP contribution in [-0.4, -0.2) is 22.4 Å². The van der Waals surface area contributed by atoms with Crippen molar-refractivity contribution in [1.29, 1.82) is 0 Å². The van der Waals surface area contributed by atoms with Crippen molar-refractivity contribution < 1.29 is 10.2 Å². The normalized spacial score (nSPS) is 16.7. The Morgan fingerprint density at radius 1 is 1.17 bits per heavy atom. The van der Waals surface area contributed by atoms with Crippen molar-refractivity contribution >= 4 is 0 Å². The second-order valence-electron chi connectivity index (χ2n) is 3.30. The molecule has 0 spiro atoms. The van der Waals surface area contributed by atoms with Crippen LogP contribution in [0.25, 0.3) is 0 Å². The lowest BCUT2D eigenvalue weighted by Gasteiger charge is -2.01. The van der Waals surface area contributed by atoms with Crippen molar-refractivity contribution in [2.45, 2.75) is 51.7 Å². The highest BCUT2D eigenvalue weighted by molar-refractivity contribution is 4.85. The standard InChI is InChI=1S/C10H20O2/c1-9(11)7-5-3-4-6-8-10(2)12/h5,7,9-12H,3-4,6,8H2,1-2H3. The molecule has 0 bridgehead atoms. The Hall–Kier alpha value is -0.340. The fraction of sp³-hybridized carbons (Fsp3) is 0.800. The van der Waals surface area contributed by atoms with Gasteiger partial charge in [-0.25, -0.2) is 0 Å². The van der Waals surface area contributed by atoms with E-state index in [9.17, 15) is 0 Å². The summed E-state index contributed by atoms with van der Waals surface area (Å²) in [7, 11) is 0. The van der Waals surface area contributed by atoms with Crippen molar-refractivity contribution in [3.8, 4) is 0 Å². The minimum atomic E-state index is -0.332. The molecule has 0 saturated carbocycles. The summed E-state index contributed by atoms with van der Waals surface area (Å²) in [5.41, 5.74) is 0. The first-order valence-corrected chi connectivity index (χ1v) is 4.65. The summed E-state index contributed by atoms with van der Waals surface area (Å²) in [6, 6.07) is 0. The highest BCUT2D eigenvalue weighted by Gasteiger charge is 1.93. The van der Waals surface area contributed by atoms with Crippen LogP contribution < -0.4 is 0 Å². The van der Waals surface area contributed by atoms with E-state index in [2.05, 4.69) is 0 Å². The van der Waals surface area contributed by atoms with Gasteiger partial charge in [0, 0.05) is 0 Å². The molecular formula is C10H20O2. The first-order valence-electron chi connectivity index (χ1n) is 4.65. The van der Waals surface area contributed by atoms with Gasteiger partial charge in [-0.3, -0.25) is 0 Å². The molecule has 2 heteroatoms. The van der Waals surface area contributed by atoms with Crippen molar-refractivity contribution in [2.75, 3.05) is 0 Å². The largest absolute Gasteiger partial charge is 0.393 e. The summed E-state index contributed by atoms with van der Waals surface area (Å²) in [5.74, 6) is 0. The summed E-state index contributed by atoms with van der Waals surface area (Å²) >= 11 is 0. The zero-order valence-electron chi connectivity index (χ0n) is 8.03. The Labute approximate surface area is 74.9 Å². The Balaban J connectivity index is 3.11. The van der Waals surface area contributed by atoms with E-state index in [0.29, 0.717) is 0 Å². The number of rotatable bonds is 6. The second-order valence-corrected chi connectivity index (χ2v) is 3.30. The average Bonchev–Trinajstić information content (AvgIpc) is 1.95. The Bertz CT molecular complexity index is 117. The fourth-order valence-electron chi connectivity index (χ4n) is 0.995. The molecule has 0 aliphatic heterocycles. The summed E-state index contributed by atoms with van der Waals surface area (Å²) < 4.78 is 0. The molecule has 0 fully saturated rings. The van der Waals surface area contributed by atoms with Crippen molar-refractivity contribution in [3.05, 3.63) is 12.2 Å². The van der Waals surface area contributed by atoms with Gasteiger partial charge in [-0.15, -0.1) is 0 Å². The highest BCUT2D eigenvalue weighted by Crippen LogP contribution is 2.03. The zero-order chi connectivity index (χ0) is 9.40. The van der Waals surface area contributed by atoms with Crippen LogP contribution in [-0.2, 0) is 0 Å². The van der Waals surface area contributed by atoms with Crippen LogP contribution in [0.4, 0.5) is 0 Å². The number of aliphatic hydroxyl groups is 2. The van der Waals surface area contributed by atoms with Crippen molar-refractivity contribution in [1.82, 2.24) is 0 Å². The molecule has 0 saturated heterocycles. The molecule has 2 unspecified atom stereocenters. The molecule has 2 atom stereocenters. The predicted molar refractivity (Wildman–Crippen MR) is 51.0 cm³/mol. The molecule has 0 radical (unpaired) electrons. The molecule has 2 N–H and O–H groups in total.